The van der Waals surface area contributed by atoms with Crippen molar-refractivity contribution < 1.29 is 4.79 Å². The Bertz CT molecular complexity index is 974. The van der Waals surface area contributed by atoms with Gasteiger partial charge in [0.15, 0.2) is 0 Å². The van der Waals surface area contributed by atoms with Crippen LogP contribution >= 0.6 is 11.6 Å². The fraction of sp³-hybridized carbons (Fsp3) is 0.391. The van der Waals surface area contributed by atoms with Gasteiger partial charge in [-0.05, 0) is 62.7 Å². The molecule has 0 bridgehead atoms. The minimum Gasteiger partial charge on any atom is -0.356 e. The van der Waals surface area contributed by atoms with Crippen LogP contribution in [0.1, 0.15) is 31.2 Å². The number of nitrogens with one attached hydrogen (secondary N) is 1. The number of aromatic nitrogens is 2. The first-order valence-corrected chi connectivity index (χ1v) is 10.7. The maximum atomic E-state index is 12.1. The van der Waals surface area contributed by atoms with Crippen LogP contribution in [0.4, 0.5) is 0 Å². The highest BCUT2D eigenvalue weighted by atomic mass is 35.5. The average molecular weight is 411 g/mol. The van der Waals surface area contributed by atoms with Crippen LogP contribution in [0.3, 0.4) is 0 Å². The Hall–Kier alpha value is -2.37. The smallest absolute Gasteiger partial charge is 0.223 e. The number of imidazole rings is 1. The topological polar surface area (TPSA) is 50.2 Å². The van der Waals surface area contributed by atoms with Crippen LogP contribution in [0.15, 0.2) is 48.5 Å². The molecule has 1 fully saturated rings. The van der Waals surface area contributed by atoms with Crippen LogP contribution in [-0.2, 0) is 17.9 Å². The number of likely N-dealkylation sites (tertiary alicyclic amines) is 1. The maximum Gasteiger partial charge on any atom is 0.223 e. The van der Waals surface area contributed by atoms with E-state index in [0.717, 1.165) is 60.9 Å². The van der Waals surface area contributed by atoms with Crippen LogP contribution in [0.5, 0.6) is 0 Å². The molecular formula is C23H27ClN4O. The van der Waals surface area contributed by atoms with Crippen molar-refractivity contribution in [1.29, 1.82) is 0 Å². The highest BCUT2D eigenvalue weighted by molar-refractivity contribution is 6.30. The van der Waals surface area contributed by atoms with E-state index in [4.69, 9.17) is 16.6 Å². The van der Waals surface area contributed by atoms with E-state index in [0.29, 0.717) is 6.54 Å². The van der Waals surface area contributed by atoms with Gasteiger partial charge in [0.25, 0.3) is 0 Å². The van der Waals surface area contributed by atoms with Gasteiger partial charge in [0.1, 0.15) is 5.82 Å². The monoisotopic (exact) mass is 410 g/mol. The number of benzene rings is 2. The number of amides is 1. The number of rotatable bonds is 6. The van der Waals surface area contributed by atoms with E-state index >= 15 is 0 Å². The number of hydrogen-bond donors (Lipinski definition) is 1. The van der Waals surface area contributed by atoms with E-state index in [2.05, 4.69) is 45.1 Å². The summed E-state index contributed by atoms with van der Waals surface area (Å²) in [6.45, 7) is 6.08. The van der Waals surface area contributed by atoms with Crippen molar-refractivity contribution in [1.82, 2.24) is 19.8 Å². The van der Waals surface area contributed by atoms with Gasteiger partial charge < -0.3 is 9.88 Å². The van der Waals surface area contributed by atoms with Gasteiger partial charge in [-0.1, -0.05) is 35.9 Å². The van der Waals surface area contributed by atoms with Crippen molar-refractivity contribution in [3.63, 3.8) is 0 Å². The first-order chi connectivity index (χ1) is 14.1. The third kappa shape index (κ3) is 4.62. The summed E-state index contributed by atoms with van der Waals surface area (Å²) >= 11 is 6.05. The zero-order valence-electron chi connectivity index (χ0n) is 16.8. The summed E-state index contributed by atoms with van der Waals surface area (Å²) in [6.07, 6.45) is 1.81. The first-order valence-electron chi connectivity index (χ1n) is 10.3. The van der Waals surface area contributed by atoms with E-state index in [1.54, 1.807) is 0 Å². The van der Waals surface area contributed by atoms with Crippen molar-refractivity contribution in [3.8, 4) is 0 Å². The molecular weight excluding hydrogens is 384 g/mol. The molecule has 1 N–H and O–H groups in total. The molecule has 0 saturated carbocycles. The van der Waals surface area contributed by atoms with Crippen LogP contribution < -0.4 is 5.32 Å². The third-order valence-electron chi connectivity index (χ3n) is 5.66. The molecule has 29 heavy (non-hydrogen) atoms. The Labute approximate surface area is 176 Å². The number of fused-ring (bicyclic) bond motifs is 1. The molecule has 1 aromatic heterocycles. The molecule has 2 heterocycles. The van der Waals surface area contributed by atoms with E-state index < -0.39 is 0 Å². The van der Waals surface area contributed by atoms with Crippen LogP contribution in [0, 0.1) is 5.92 Å². The number of nitrogens with zero attached hydrogens (tertiary/aromatic N) is 3. The molecule has 0 spiro atoms. The summed E-state index contributed by atoms with van der Waals surface area (Å²) in [5, 5.41) is 3.70. The summed E-state index contributed by atoms with van der Waals surface area (Å²) in [7, 11) is 0. The Morgan fingerprint density at radius 1 is 1.10 bits per heavy atom. The van der Waals surface area contributed by atoms with Gasteiger partial charge in [-0.15, -0.1) is 0 Å². The number of para-hydroxylation sites is 2. The fourth-order valence-electron chi connectivity index (χ4n) is 4.07. The zero-order chi connectivity index (χ0) is 20.2. The fourth-order valence-corrected chi connectivity index (χ4v) is 4.19. The minimum absolute atomic E-state index is 0.138. The lowest BCUT2D eigenvalue weighted by atomic mass is 9.96. The van der Waals surface area contributed by atoms with Gasteiger partial charge in [0.05, 0.1) is 17.6 Å². The second-order valence-corrected chi connectivity index (χ2v) is 8.11. The highest BCUT2D eigenvalue weighted by Crippen LogP contribution is 2.23. The predicted molar refractivity (Wildman–Crippen MR) is 117 cm³/mol. The van der Waals surface area contributed by atoms with E-state index in [1.807, 2.05) is 25.1 Å². The van der Waals surface area contributed by atoms with Crippen molar-refractivity contribution in [2.45, 2.75) is 32.9 Å². The molecule has 152 valence electrons. The number of carbonyl (C=O) groups excluding carboxylic acids is 1. The second kappa shape index (κ2) is 8.97. The van der Waals surface area contributed by atoms with E-state index in [-0.39, 0.29) is 11.8 Å². The molecule has 6 heteroatoms. The lowest BCUT2D eigenvalue weighted by Crippen LogP contribution is -2.40. The molecule has 1 aliphatic rings. The average Bonchev–Trinajstić information content (AvgIpc) is 3.07. The van der Waals surface area contributed by atoms with Crippen LogP contribution in [0.25, 0.3) is 11.0 Å². The molecule has 0 atom stereocenters. The minimum atomic E-state index is 0.138. The van der Waals surface area contributed by atoms with Crippen LogP contribution in [0.2, 0.25) is 5.02 Å². The van der Waals surface area contributed by atoms with Crippen molar-refractivity contribution >= 4 is 28.5 Å². The standard InChI is InChI=1S/C23H27ClN4O/c1-2-25-23(29)18-11-13-27(14-12-18)16-22-26-20-5-3-4-6-21(20)28(22)15-17-7-9-19(24)10-8-17/h3-10,18H,2,11-16H2,1H3,(H,25,29). The zero-order valence-corrected chi connectivity index (χ0v) is 17.5. The van der Waals surface area contributed by atoms with Crippen molar-refractivity contribution in [2.24, 2.45) is 5.92 Å². The largest absolute Gasteiger partial charge is 0.356 e. The quantitative estimate of drug-likeness (QED) is 0.666. The molecule has 0 unspecified atom stereocenters. The third-order valence-corrected chi connectivity index (χ3v) is 5.91. The Morgan fingerprint density at radius 2 is 1.83 bits per heavy atom. The molecule has 0 radical (unpaired) electrons. The number of carbonyl (C=O) groups is 1. The van der Waals surface area contributed by atoms with Gasteiger partial charge in [-0.25, -0.2) is 4.98 Å². The summed E-state index contributed by atoms with van der Waals surface area (Å²) in [5.74, 6) is 1.40. The molecule has 5 nitrogen and oxygen atoms in total. The lowest BCUT2D eigenvalue weighted by Gasteiger charge is -2.31. The SMILES string of the molecule is CCNC(=O)C1CCN(Cc2nc3ccccc3n2Cc2ccc(Cl)cc2)CC1. The second-order valence-electron chi connectivity index (χ2n) is 7.67. The highest BCUT2D eigenvalue weighted by Gasteiger charge is 2.25. The Morgan fingerprint density at radius 3 is 2.55 bits per heavy atom. The molecule has 4 rings (SSSR count). The Kier molecular flexibility index (Phi) is 6.16. The lowest BCUT2D eigenvalue weighted by molar-refractivity contribution is -0.126. The maximum absolute atomic E-state index is 12.1. The number of halogens is 1. The van der Waals surface area contributed by atoms with Gasteiger partial charge in [-0.2, -0.15) is 0 Å². The van der Waals surface area contributed by atoms with Crippen molar-refractivity contribution in [3.05, 3.63) is 64.9 Å². The molecule has 3 aromatic rings. The summed E-state index contributed by atoms with van der Waals surface area (Å²) in [5.41, 5.74) is 3.37. The van der Waals surface area contributed by atoms with Gasteiger partial charge in [0.2, 0.25) is 5.91 Å². The Balaban J connectivity index is 1.51. The molecule has 1 aliphatic heterocycles. The molecule has 1 amide bonds. The summed E-state index contributed by atoms with van der Waals surface area (Å²) in [4.78, 5) is 19.4. The molecule has 2 aromatic carbocycles. The normalized spacial score (nSPS) is 15.7. The van der Waals surface area contributed by atoms with Crippen LogP contribution in [-0.4, -0.2) is 40.0 Å². The number of hydrogen-bond acceptors (Lipinski definition) is 3. The van der Waals surface area contributed by atoms with Gasteiger partial charge in [-0.3, -0.25) is 9.69 Å². The number of piperidine rings is 1. The van der Waals surface area contributed by atoms with Crippen molar-refractivity contribution in [2.75, 3.05) is 19.6 Å². The predicted octanol–water partition coefficient (Wildman–Crippen LogP) is 4.09. The molecule has 0 aliphatic carbocycles. The summed E-state index contributed by atoms with van der Waals surface area (Å²) in [6, 6.07) is 16.3. The van der Waals surface area contributed by atoms with Gasteiger partial charge >= 0.3 is 0 Å². The first kappa shape index (κ1) is 19.9. The van der Waals surface area contributed by atoms with E-state index in [9.17, 15) is 4.79 Å². The van der Waals surface area contributed by atoms with E-state index in [1.165, 1.54) is 5.56 Å². The summed E-state index contributed by atoms with van der Waals surface area (Å²) < 4.78 is 2.30. The van der Waals surface area contributed by atoms with Gasteiger partial charge in [0, 0.05) is 24.0 Å². The molecule has 1 saturated heterocycles.